The number of hydrogen-bond donors (Lipinski definition) is 0. The van der Waals surface area contributed by atoms with Gasteiger partial charge in [-0.3, -0.25) is 0 Å². The fraction of sp³-hybridized carbons (Fsp3) is 0.261. The summed E-state index contributed by atoms with van der Waals surface area (Å²) in [6, 6.07) is 23.5. The second kappa shape index (κ2) is 9.40. The van der Waals surface area contributed by atoms with Crippen molar-refractivity contribution < 1.29 is 0 Å². The van der Waals surface area contributed by atoms with E-state index in [0.717, 1.165) is 24.1 Å². The van der Waals surface area contributed by atoms with Gasteiger partial charge in [-0.05, 0) is 29.5 Å². The number of allylic oxidation sites excluding steroid dienone is 2. The molecule has 1 saturated heterocycles. The van der Waals surface area contributed by atoms with Crippen LogP contribution in [-0.2, 0) is 0 Å². The van der Waals surface area contributed by atoms with E-state index in [1.165, 1.54) is 23.5 Å². The Hall–Kier alpha value is -2.56. The molecule has 2 aromatic carbocycles. The summed E-state index contributed by atoms with van der Waals surface area (Å²) >= 11 is 0. The minimum Gasteiger partial charge on any atom is -0.383 e. The number of benzene rings is 2. The van der Waals surface area contributed by atoms with Crippen molar-refractivity contribution in [2.45, 2.75) is 12.8 Å². The molecule has 3 nitrogen and oxygen atoms in total. The summed E-state index contributed by atoms with van der Waals surface area (Å²) in [4.78, 5) is 4.40. The zero-order valence-electron chi connectivity index (χ0n) is 16.0. The van der Waals surface area contributed by atoms with Crippen molar-refractivity contribution in [3.05, 3.63) is 84.0 Å². The smallest absolute Gasteiger partial charge is 0.102 e. The number of nitrogens with zero attached hydrogens (tertiary/aromatic N) is 3. The van der Waals surface area contributed by atoms with Gasteiger partial charge in [-0.2, -0.15) is 5.26 Å². The van der Waals surface area contributed by atoms with Crippen molar-refractivity contribution in [3.63, 3.8) is 0 Å². The molecule has 1 aliphatic heterocycles. The van der Waals surface area contributed by atoms with Gasteiger partial charge in [0.25, 0.3) is 0 Å². The van der Waals surface area contributed by atoms with Crippen molar-refractivity contribution in [2.24, 2.45) is 0 Å². The summed E-state index contributed by atoms with van der Waals surface area (Å²) < 4.78 is 0. The zero-order chi connectivity index (χ0) is 19.1. The topological polar surface area (TPSA) is 30.3 Å². The highest BCUT2D eigenvalue weighted by Gasteiger charge is 2.25. The monoisotopic (exact) mass is 375 g/mol. The Kier molecular flexibility index (Phi) is 6.69. The van der Waals surface area contributed by atoms with Crippen molar-refractivity contribution >= 4 is 18.5 Å². The van der Waals surface area contributed by atoms with E-state index >= 15 is 0 Å². The fourth-order valence-corrected chi connectivity index (χ4v) is 5.60. The molecule has 0 spiro atoms. The molecule has 0 atom stereocenters. The third-order valence-corrected chi connectivity index (χ3v) is 6.98. The van der Waals surface area contributed by atoms with Crippen LogP contribution < -0.4 is 10.6 Å². The van der Waals surface area contributed by atoms with E-state index in [1.54, 1.807) is 0 Å². The summed E-state index contributed by atoms with van der Waals surface area (Å²) in [6.07, 6.45) is 6.54. The first-order valence-electron chi connectivity index (χ1n) is 9.35. The summed E-state index contributed by atoms with van der Waals surface area (Å²) in [6.45, 7) is 2.04. The van der Waals surface area contributed by atoms with E-state index in [2.05, 4.69) is 71.8 Å². The lowest BCUT2D eigenvalue weighted by Crippen LogP contribution is -2.22. The Morgan fingerprint density at radius 3 is 1.93 bits per heavy atom. The third-order valence-electron chi connectivity index (χ3n) is 4.58. The molecule has 1 fully saturated rings. The number of likely N-dealkylation sites (tertiary alicyclic amines) is 1. The molecule has 0 unspecified atom stereocenters. The van der Waals surface area contributed by atoms with Crippen molar-refractivity contribution in [3.8, 4) is 6.07 Å². The zero-order valence-corrected chi connectivity index (χ0v) is 16.9. The van der Waals surface area contributed by atoms with Crippen LogP contribution in [0, 0.1) is 11.3 Å². The summed E-state index contributed by atoms with van der Waals surface area (Å²) in [5.74, 6) is 0. The normalized spacial score (nSPS) is 15.1. The molecule has 0 N–H and O–H groups in total. The van der Waals surface area contributed by atoms with Crippen LogP contribution in [0.25, 0.3) is 0 Å². The third kappa shape index (κ3) is 4.79. The average molecular weight is 375 g/mol. The van der Waals surface area contributed by atoms with Gasteiger partial charge in [-0.15, -0.1) is 0 Å². The van der Waals surface area contributed by atoms with Crippen LogP contribution in [0.5, 0.6) is 0 Å². The Morgan fingerprint density at radius 2 is 1.48 bits per heavy atom. The number of nitriles is 1. The molecule has 0 bridgehead atoms. The lowest BCUT2D eigenvalue weighted by Gasteiger charge is -2.26. The molecule has 27 heavy (non-hydrogen) atoms. The van der Waals surface area contributed by atoms with Crippen LogP contribution in [0.2, 0.25) is 0 Å². The Bertz CT molecular complexity index is 789. The van der Waals surface area contributed by atoms with Gasteiger partial charge in [-0.25, -0.2) is 0 Å². The average Bonchev–Trinajstić information content (AvgIpc) is 3.23. The van der Waals surface area contributed by atoms with Gasteiger partial charge in [-0.1, -0.05) is 60.7 Å². The molecule has 0 aliphatic carbocycles. The Morgan fingerprint density at radius 1 is 0.963 bits per heavy atom. The fourth-order valence-electron chi connectivity index (χ4n) is 3.30. The quantitative estimate of drug-likeness (QED) is 0.434. The molecule has 1 heterocycles. The second-order valence-electron chi connectivity index (χ2n) is 6.83. The SMILES string of the molecule is CN(C)C=CC(=C(C#N)P(c1ccccc1)c1ccccc1)N1CCCC1. The van der Waals surface area contributed by atoms with E-state index in [4.69, 9.17) is 0 Å². The van der Waals surface area contributed by atoms with Gasteiger partial charge in [0.05, 0.1) is 11.0 Å². The first kappa shape index (κ1) is 19.2. The van der Waals surface area contributed by atoms with E-state index in [-0.39, 0.29) is 0 Å². The highest BCUT2D eigenvalue weighted by Crippen LogP contribution is 2.45. The van der Waals surface area contributed by atoms with Gasteiger partial charge in [0.15, 0.2) is 0 Å². The maximum atomic E-state index is 10.2. The minimum atomic E-state index is -0.894. The molecule has 0 amide bonds. The molecule has 1 aliphatic rings. The number of hydrogen-bond acceptors (Lipinski definition) is 3. The maximum absolute atomic E-state index is 10.2. The van der Waals surface area contributed by atoms with Gasteiger partial charge < -0.3 is 9.80 Å². The van der Waals surface area contributed by atoms with Crippen LogP contribution in [-0.4, -0.2) is 37.0 Å². The minimum absolute atomic E-state index is 0.877. The van der Waals surface area contributed by atoms with E-state index < -0.39 is 7.92 Å². The van der Waals surface area contributed by atoms with E-state index in [0.29, 0.717) is 0 Å². The lowest BCUT2D eigenvalue weighted by molar-refractivity contribution is 0.437. The van der Waals surface area contributed by atoms with Crippen LogP contribution in [0.4, 0.5) is 0 Å². The van der Waals surface area contributed by atoms with Gasteiger partial charge in [0.2, 0.25) is 0 Å². The summed E-state index contributed by atoms with van der Waals surface area (Å²) in [5, 5.41) is 13.6. The number of rotatable bonds is 6. The molecule has 0 saturated carbocycles. The maximum Gasteiger partial charge on any atom is 0.102 e. The molecule has 138 valence electrons. The van der Waals surface area contributed by atoms with Crippen molar-refractivity contribution in [1.82, 2.24) is 9.80 Å². The second-order valence-corrected chi connectivity index (χ2v) is 8.98. The summed E-state index contributed by atoms with van der Waals surface area (Å²) in [7, 11) is 3.14. The lowest BCUT2D eigenvalue weighted by atomic mass is 10.3. The first-order chi connectivity index (χ1) is 13.2. The molecule has 3 rings (SSSR count). The Balaban J connectivity index is 2.18. The van der Waals surface area contributed by atoms with Crippen LogP contribution in [0.3, 0.4) is 0 Å². The van der Waals surface area contributed by atoms with Crippen LogP contribution in [0.1, 0.15) is 12.8 Å². The Labute approximate surface area is 164 Å². The molecule has 2 aromatic rings. The van der Waals surface area contributed by atoms with Gasteiger partial charge in [0, 0.05) is 41.3 Å². The molecule has 0 radical (unpaired) electrons. The van der Waals surface area contributed by atoms with Crippen LogP contribution in [0.15, 0.2) is 84.0 Å². The van der Waals surface area contributed by atoms with Crippen molar-refractivity contribution in [1.29, 1.82) is 5.26 Å². The molecular formula is C23H26N3P. The largest absolute Gasteiger partial charge is 0.383 e. The predicted octanol–water partition coefficient (Wildman–Crippen LogP) is 4.03. The van der Waals surface area contributed by atoms with E-state index in [9.17, 15) is 5.26 Å². The molecule has 4 heteroatoms. The van der Waals surface area contributed by atoms with Crippen molar-refractivity contribution in [2.75, 3.05) is 27.2 Å². The summed E-state index contributed by atoms with van der Waals surface area (Å²) in [5.41, 5.74) is 1.07. The predicted molar refractivity (Wildman–Crippen MR) is 115 cm³/mol. The standard InChI is InChI=1S/C23H26N3P/c1-25(2)18-15-22(26-16-9-10-17-26)23(19-24)27(20-11-5-3-6-12-20)21-13-7-4-8-14-21/h3-8,11-15,18H,9-10,16-17H2,1-2H3. The van der Waals surface area contributed by atoms with Gasteiger partial charge in [0.1, 0.15) is 6.07 Å². The van der Waals surface area contributed by atoms with Crippen LogP contribution >= 0.6 is 7.92 Å². The first-order valence-corrected chi connectivity index (χ1v) is 10.7. The van der Waals surface area contributed by atoms with Gasteiger partial charge >= 0.3 is 0 Å². The highest BCUT2D eigenvalue weighted by molar-refractivity contribution is 7.77. The molecular weight excluding hydrogens is 349 g/mol. The highest BCUT2D eigenvalue weighted by atomic mass is 31.1. The molecule has 0 aromatic heterocycles. The van der Waals surface area contributed by atoms with E-state index in [1.807, 2.05) is 31.1 Å².